The Hall–Kier alpha value is -2.08. The number of nitrogens with zero attached hydrogens (tertiary/aromatic N) is 3. The average molecular weight is 334 g/mol. The molecule has 7 heteroatoms. The Balaban J connectivity index is 1.98. The number of likely N-dealkylation sites (tertiary alicyclic amines) is 1. The molecule has 0 saturated carbocycles. The molecule has 0 aliphatic carbocycles. The highest BCUT2D eigenvalue weighted by Crippen LogP contribution is 2.49. The second kappa shape index (κ2) is 4.26. The van der Waals surface area contributed by atoms with E-state index in [4.69, 9.17) is 11.6 Å². The Morgan fingerprint density at radius 1 is 1.17 bits per heavy atom. The largest absolute Gasteiger partial charge is 0.283 e. The van der Waals surface area contributed by atoms with E-state index in [1.165, 1.54) is 12.1 Å². The molecular formula is C16H16ClN3O3. The van der Waals surface area contributed by atoms with Crippen molar-refractivity contribution in [3.8, 4) is 0 Å². The lowest BCUT2D eigenvalue weighted by Gasteiger charge is -2.41. The van der Waals surface area contributed by atoms with Gasteiger partial charge in [-0.15, -0.1) is 0 Å². The lowest BCUT2D eigenvalue weighted by molar-refractivity contribution is -0.144. The van der Waals surface area contributed by atoms with Gasteiger partial charge in [-0.2, -0.15) is 0 Å². The van der Waals surface area contributed by atoms with Crippen LogP contribution in [0.25, 0.3) is 0 Å². The minimum Gasteiger partial charge on any atom is -0.283 e. The number of hydrazine groups is 1. The minimum absolute atomic E-state index is 0.144. The molecule has 6 nitrogen and oxygen atoms in total. The topological polar surface area (TPSA) is 60.9 Å². The molecule has 1 aromatic rings. The molecule has 1 aromatic carbocycles. The fourth-order valence-electron chi connectivity index (χ4n) is 3.76. The van der Waals surface area contributed by atoms with Crippen LogP contribution in [-0.2, 0) is 14.4 Å². The van der Waals surface area contributed by atoms with Crippen molar-refractivity contribution in [1.82, 2.24) is 9.91 Å². The van der Waals surface area contributed by atoms with Gasteiger partial charge in [0, 0.05) is 12.1 Å². The fraction of sp³-hybridized carbons (Fsp3) is 0.438. The summed E-state index contributed by atoms with van der Waals surface area (Å²) in [5, 5.41) is 3.80. The molecule has 3 aliphatic rings. The highest BCUT2D eigenvalue weighted by molar-refractivity contribution is 6.31. The molecule has 120 valence electrons. The van der Waals surface area contributed by atoms with Gasteiger partial charge < -0.3 is 0 Å². The summed E-state index contributed by atoms with van der Waals surface area (Å²) in [7, 11) is 1.47. The quantitative estimate of drug-likeness (QED) is 0.673. The van der Waals surface area contributed by atoms with Crippen molar-refractivity contribution >= 4 is 35.0 Å². The first-order chi connectivity index (χ1) is 10.7. The second-order valence-corrected chi connectivity index (χ2v) is 7.39. The maximum absolute atomic E-state index is 12.8. The smallest absolute Gasteiger partial charge is 0.255 e. The number of likely N-dealkylation sites (N-methyl/N-ethyl adjacent to an activating group) is 1. The number of imide groups is 1. The van der Waals surface area contributed by atoms with Gasteiger partial charge in [-0.25, -0.2) is 5.01 Å². The zero-order valence-electron chi connectivity index (χ0n) is 13.0. The molecule has 2 saturated heterocycles. The third-order valence-corrected chi connectivity index (χ3v) is 5.19. The summed E-state index contributed by atoms with van der Waals surface area (Å²) in [4.78, 5) is 39.1. The van der Waals surface area contributed by atoms with Crippen molar-refractivity contribution in [3.05, 3.63) is 28.8 Å². The summed E-state index contributed by atoms with van der Waals surface area (Å²) in [6.45, 7) is 4.14. The van der Waals surface area contributed by atoms with Crippen molar-refractivity contribution < 1.29 is 14.4 Å². The number of anilines is 1. The summed E-state index contributed by atoms with van der Waals surface area (Å²) in [6.07, 6.45) is 0. The van der Waals surface area contributed by atoms with Gasteiger partial charge in [0.2, 0.25) is 11.8 Å². The first-order valence-corrected chi connectivity index (χ1v) is 7.84. The maximum atomic E-state index is 12.8. The number of benzene rings is 1. The summed E-state index contributed by atoms with van der Waals surface area (Å²) in [5.41, 5.74) is 0.858. The average Bonchev–Trinajstić information content (AvgIpc) is 2.86. The molecular weight excluding hydrogens is 318 g/mol. The highest BCUT2D eigenvalue weighted by atomic mass is 35.5. The Bertz CT molecular complexity index is 776. The molecule has 0 bridgehead atoms. The van der Waals surface area contributed by atoms with Crippen LogP contribution < -0.4 is 5.01 Å². The molecule has 4 rings (SSSR count). The van der Waals surface area contributed by atoms with Gasteiger partial charge in [-0.1, -0.05) is 17.7 Å². The van der Waals surface area contributed by atoms with Crippen molar-refractivity contribution in [2.24, 2.45) is 5.41 Å². The highest BCUT2D eigenvalue weighted by Gasteiger charge is 2.61. The molecule has 3 heterocycles. The third-order valence-electron chi connectivity index (χ3n) is 4.96. The van der Waals surface area contributed by atoms with Crippen LogP contribution in [0.3, 0.4) is 0 Å². The van der Waals surface area contributed by atoms with Gasteiger partial charge in [0.1, 0.15) is 6.04 Å². The van der Waals surface area contributed by atoms with Crippen molar-refractivity contribution in [1.29, 1.82) is 0 Å². The SMILES string of the molecule is CN1C(=O)C2c3ccc(Cl)cc3N3CC(C)(C)C(=O)N3C2C1=O. The number of amides is 3. The zero-order chi connectivity index (χ0) is 16.7. The minimum atomic E-state index is -0.796. The lowest BCUT2D eigenvalue weighted by Crippen LogP contribution is -2.54. The van der Waals surface area contributed by atoms with E-state index in [-0.39, 0.29) is 17.7 Å². The molecule has 0 aromatic heterocycles. The van der Waals surface area contributed by atoms with Crippen LogP contribution in [0.4, 0.5) is 5.69 Å². The number of rotatable bonds is 0. The van der Waals surface area contributed by atoms with E-state index in [1.807, 2.05) is 13.8 Å². The molecule has 2 fully saturated rings. The molecule has 3 aliphatic heterocycles. The number of carbonyl (C=O) groups excluding carboxylic acids is 3. The Labute approximate surface area is 138 Å². The lowest BCUT2D eigenvalue weighted by atomic mass is 9.89. The second-order valence-electron chi connectivity index (χ2n) is 6.95. The van der Waals surface area contributed by atoms with E-state index in [1.54, 1.807) is 23.2 Å². The van der Waals surface area contributed by atoms with E-state index in [0.29, 0.717) is 11.6 Å². The molecule has 23 heavy (non-hydrogen) atoms. The van der Waals surface area contributed by atoms with E-state index in [0.717, 1.165) is 16.2 Å². The number of hydrogen-bond donors (Lipinski definition) is 0. The molecule has 3 amide bonds. The van der Waals surface area contributed by atoms with E-state index < -0.39 is 17.4 Å². The maximum Gasteiger partial charge on any atom is 0.255 e. The third kappa shape index (κ3) is 1.67. The number of fused-ring (bicyclic) bond motifs is 6. The van der Waals surface area contributed by atoms with Gasteiger partial charge in [0.25, 0.3) is 5.91 Å². The monoisotopic (exact) mass is 333 g/mol. The number of hydrogen-bond acceptors (Lipinski definition) is 4. The predicted molar refractivity (Wildman–Crippen MR) is 83.7 cm³/mol. The molecule has 0 radical (unpaired) electrons. The first kappa shape index (κ1) is 14.5. The van der Waals surface area contributed by atoms with Crippen LogP contribution in [0.5, 0.6) is 0 Å². The first-order valence-electron chi connectivity index (χ1n) is 7.46. The van der Waals surface area contributed by atoms with Crippen molar-refractivity contribution in [2.75, 3.05) is 18.6 Å². The van der Waals surface area contributed by atoms with Crippen LogP contribution in [-0.4, -0.2) is 47.3 Å². The molecule has 0 N–H and O–H groups in total. The van der Waals surface area contributed by atoms with Crippen molar-refractivity contribution in [2.45, 2.75) is 25.8 Å². The van der Waals surface area contributed by atoms with Gasteiger partial charge >= 0.3 is 0 Å². The van der Waals surface area contributed by atoms with Gasteiger partial charge in [0.05, 0.1) is 23.6 Å². The zero-order valence-corrected chi connectivity index (χ0v) is 13.8. The van der Waals surface area contributed by atoms with Crippen LogP contribution >= 0.6 is 11.6 Å². The molecule has 2 atom stereocenters. The summed E-state index contributed by atoms with van der Waals surface area (Å²) in [6, 6.07) is 4.46. The summed E-state index contributed by atoms with van der Waals surface area (Å²) < 4.78 is 0. The van der Waals surface area contributed by atoms with Crippen LogP contribution in [0.1, 0.15) is 25.3 Å². The molecule has 2 unspecified atom stereocenters. The van der Waals surface area contributed by atoms with Gasteiger partial charge in [-0.05, 0) is 31.5 Å². The fourth-order valence-corrected chi connectivity index (χ4v) is 3.93. The van der Waals surface area contributed by atoms with E-state index in [9.17, 15) is 14.4 Å². The number of halogens is 1. The Kier molecular flexibility index (Phi) is 2.69. The number of carbonyl (C=O) groups is 3. The van der Waals surface area contributed by atoms with Crippen molar-refractivity contribution in [3.63, 3.8) is 0 Å². The van der Waals surface area contributed by atoms with Crippen LogP contribution in [0.15, 0.2) is 18.2 Å². The van der Waals surface area contributed by atoms with Crippen LogP contribution in [0, 0.1) is 5.41 Å². The summed E-state index contributed by atoms with van der Waals surface area (Å²) >= 11 is 6.12. The molecule has 0 spiro atoms. The van der Waals surface area contributed by atoms with Crippen LogP contribution in [0.2, 0.25) is 5.02 Å². The Morgan fingerprint density at radius 2 is 1.87 bits per heavy atom. The summed E-state index contributed by atoms with van der Waals surface area (Å²) in [5.74, 6) is -1.42. The Morgan fingerprint density at radius 3 is 2.57 bits per heavy atom. The standard InChI is InChI=1S/C16H16ClN3O3/c1-16(2)7-19-10-6-8(17)4-5-9(10)11-12(20(19)15(16)23)14(22)18(3)13(11)21/h4-6,11-12H,7H2,1-3H3. The van der Waals surface area contributed by atoms with Gasteiger partial charge in [-0.3, -0.25) is 24.3 Å². The van der Waals surface area contributed by atoms with E-state index in [2.05, 4.69) is 0 Å². The van der Waals surface area contributed by atoms with E-state index >= 15 is 0 Å². The predicted octanol–water partition coefficient (Wildman–Crippen LogP) is 1.39. The van der Waals surface area contributed by atoms with Gasteiger partial charge in [0.15, 0.2) is 0 Å². The normalized spacial score (nSPS) is 28.2.